The highest BCUT2D eigenvalue weighted by Crippen LogP contribution is 2.35. The van der Waals surface area contributed by atoms with Gasteiger partial charge in [-0.25, -0.2) is 4.79 Å². The lowest BCUT2D eigenvalue weighted by atomic mass is 9.86. The number of rotatable bonds is 4. The predicted octanol–water partition coefficient (Wildman–Crippen LogP) is 3.67. The lowest BCUT2D eigenvalue weighted by molar-refractivity contribution is 0.105. The quantitative estimate of drug-likeness (QED) is 0.768. The molecule has 0 spiro atoms. The third kappa shape index (κ3) is 4.67. The zero-order valence-electron chi connectivity index (χ0n) is 18.2. The SMILES string of the molecule is CCOC(=O)N1CCCC(N2CCC(c3cccnc3-c3cnn(C)c3)CC2)CC1. The maximum atomic E-state index is 12.1. The number of hydrogen-bond donors (Lipinski definition) is 0. The van der Waals surface area contributed by atoms with Gasteiger partial charge < -0.3 is 14.5 Å². The number of nitrogens with zero attached hydrogens (tertiary/aromatic N) is 5. The predicted molar refractivity (Wildman–Crippen MR) is 116 cm³/mol. The summed E-state index contributed by atoms with van der Waals surface area (Å²) in [4.78, 5) is 21.3. The molecule has 2 aliphatic heterocycles. The number of carbonyl (C=O) groups excluding carboxylic acids is 1. The number of hydrogen-bond acceptors (Lipinski definition) is 5. The fourth-order valence-electron chi connectivity index (χ4n) is 4.95. The topological polar surface area (TPSA) is 63.5 Å². The number of carbonyl (C=O) groups is 1. The van der Waals surface area contributed by atoms with Crippen molar-refractivity contribution in [2.75, 3.05) is 32.8 Å². The van der Waals surface area contributed by atoms with Gasteiger partial charge in [0.15, 0.2) is 0 Å². The molecule has 0 bridgehead atoms. The Labute approximate surface area is 179 Å². The van der Waals surface area contributed by atoms with Crippen LogP contribution in [0, 0.1) is 0 Å². The summed E-state index contributed by atoms with van der Waals surface area (Å²) in [5.74, 6) is 0.534. The summed E-state index contributed by atoms with van der Waals surface area (Å²) in [6.45, 7) is 6.14. The van der Waals surface area contributed by atoms with E-state index in [2.05, 4.69) is 27.1 Å². The van der Waals surface area contributed by atoms with Crippen molar-refractivity contribution >= 4 is 6.09 Å². The average molecular weight is 412 g/mol. The summed E-state index contributed by atoms with van der Waals surface area (Å²) in [5.41, 5.74) is 3.52. The fraction of sp³-hybridized carbons (Fsp3) is 0.609. The molecule has 2 aromatic rings. The van der Waals surface area contributed by atoms with Gasteiger partial charge in [0.2, 0.25) is 0 Å². The standard InChI is InChI=1S/C23H33N5O2/c1-3-30-23(29)28-12-5-6-20(10-15-28)27-13-8-18(9-14-27)21-7-4-11-24-22(21)19-16-25-26(2)17-19/h4,7,11,16-18,20H,3,5-6,8-10,12-15H2,1-2H3. The summed E-state index contributed by atoms with van der Waals surface area (Å²) in [6.07, 6.45) is 11.2. The van der Waals surface area contributed by atoms with Crippen LogP contribution < -0.4 is 0 Å². The average Bonchev–Trinajstić information content (AvgIpc) is 3.05. The number of ether oxygens (including phenoxy) is 1. The van der Waals surface area contributed by atoms with E-state index in [1.807, 2.05) is 42.1 Å². The molecule has 0 saturated carbocycles. The van der Waals surface area contributed by atoms with Crippen molar-refractivity contribution in [2.24, 2.45) is 7.05 Å². The van der Waals surface area contributed by atoms with Gasteiger partial charge in [0.1, 0.15) is 0 Å². The van der Waals surface area contributed by atoms with Crippen LogP contribution >= 0.6 is 0 Å². The molecular weight excluding hydrogens is 378 g/mol. The molecule has 4 heterocycles. The highest BCUT2D eigenvalue weighted by molar-refractivity contribution is 5.67. The van der Waals surface area contributed by atoms with E-state index >= 15 is 0 Å². The first-order chi connectivity index (χ1) is 14.7. The molecule has 0 N–H and O–H groups in total. The number of aryl methyl sites for hydroxylation is 1. The minimum atomic E-state index is -0.156. The molecular formula is C23H33N5O2. The van der Waals surface area contributed by atoms with Crippen molar-refractivity contribution in [3.8, 4) is 11.3 Å². The van der Waals surface area contributed by atoms with Gasteiger partial charge in [-0.15, -0.1) is 0 Å². The first-order valence-electron chi connectivity index (χ1n) is 11.3. The van der Waals surface area contributed by atoms with Gasteiger partial charge in [-0.1, -0.05) is 6.07 Å². The molecule has 0 radical (unpaired) electrons. The van der Waals surface area contributed by atoms with Gasteiger partial charge in [0.25, 0.3) is 0 Å². The van der Waals surface area contributed by atoms with Gasteiger partial charge in [-0.3, -0.25) is 9.67 Å². The Morgan fingerprint density at radius 2 is 2.00 bits per heavy atom. The lowest BCUT2D eigenvalue weighted by Gasteiger charge is -2.37. The Morgan fingerprint density at radius 1 is 1.17 bits per heavy atom. The summed E-state index contributed by atoms with van der Waals surface area (Å²) in [7, 11) is 1.94. The Balaban J connectivity index is 1.36. The van der Waals surface area contributed by atoms with Gasteiger partial charge >= 0.3 is 6.09 Å². The Bertz CT molecular complexity index is 844. The van der Waals surface area contributed by atoms with E-state index in [9.17, 15) is 4.79 Å². The first kappa shape index (κ1) is 20.8. The third-order valence-electron chi connectivity index (χ3n) is 6.53. The van der Waals surface area contributed by atoms with E-state index in [0.29, 0.717) is 18.6 Å². The Kier molecular flexibility index (Phi) is 6.67. The molecule has 7 nitrogen and oxygen atoms in total. The zero-order valence-corrected chi connectivity index (χ0v) is 18.2. The number of amides is 1. The molecule has 30 heavy (non-hydrogen) atoms. The normalized spacial score (nSPS) is 21.4. The first-order valence-corrected chi connectivity index (χ1v) is 11.3. The van der Waals surface area contributed by atoms with Crippen LogP contribution in [0.25, 0.3) is 11.3 Å². The maximum absolute atomic E-state index is 12.1. The minimum absolute atomic E-state index is 0.156. The van der Waals surface area contributed by atoms with Crippen LogP contribution in [0.3, 0.4) is 0 Å². The molecule has 2 aromatic heterocycles. The van der Waals surface area contributed by atoms with E-state index in [0.717, 1.165) is 69.5 Å². The molecule has 0 aliphatic carbocycles. The van der Waals surface area contributed by atoms with E-state index < -0.39 is 0 Å². The van der Waals surface area contributed by atoms with Crippen molar-refractivity contribution in [1.29, 1.82) is 0 Å². The Hall–Kier alpha value is -2.41. The molecule has 2 saturated heterocycles. The van der Waals surface area contributed by atoms with Crippen LogP contribution in [0.4, 0.5) is 4.79 Å². The van der Waals surface area contributed by atoms with Gasteiger partial charge in [-0.05, 0) is 69.7 Å². The molecule has 0 aromatic carbocycles. The second kappa shape index (κ2) is 9.60. The van der Waals surface area contributed by atoms with Gasteiger partial charge in [0, 0.05) is 44.1 Å². The van der Waals surface area contributed by atoms with Crippen molar-refractivity contribution in [3.05, 3.63) is 36.3 Å². The number of piperidine rings is 1. The van der Waals surface area contributed by atoms with E-state index in [-0.39, 0.29) is 6.09 Å². The summed E-state index contributed by atoms with van der Waals surface area (Å²) in [6, 6.07) is 4.85. The molecule has 2 aliphatic rings. The fourth-order valence-corrected chi connectivity index (χ4v) is 4.95. The highest BCUT2D eigenvalue weighted by atomic mass is 16.6. The number of aromatic nitrogens is 3. The molecule has 1 atom stereocenters. The van der Waals surface area contributed by atoms with Crippen LogP contribution in [0.15, 0.2) is 30.7 Å². The van der Waals surface area contributed by atoms with Crippen LogP contribution in [0.2, 0.25) is 0 Å². The summed E-state index contributed by atoms with van der Waals surface area (Å²) < 4.78 is 7.03. The van der Waals surface area contributed by atoms with Crippen molar-refractivity contribution in [1.82, 2.24) is 24.6 Å². The molecule has 4 rings (SSSR count). The Morgan fingerprint density at radius 3 is 2.73 bits per heavy atom. The zero-order chi connectivity index (χ0) is 20.9. The number of likely N-dealkylation sites (tertiary alicyclic amines) is 2. The molecule has 1 amide bonds. The smallest absolute Gasteiger partial charge is 0.409 e. The number of pyridine rings is 1. The van der Waals surface area contributed by atoms with E-state index in [1.165, 1.54) is 5.56 Å². The second-order valence-corrected chi connectivity index (χ2v) is 8.42. The third-order valence-corrected chi connectivity index (χ3v) is 6.53. The molecule has 162 valence electrons. The molecule has 1 unspecified atom stereocenters. The lowest BCUT2D eigenvalue weighted by Crippen LogP contribution is -2.41. The van der Waals surface area contributed by atoms with Crippen molar-refractivity contribution in [2.45, 2.75) is 51.0 Å². The largest absolute Gasteiger partial charge is 0.450 e. The molecule has 2 fully saturated rings. The highest BCUT2D eigenvalue weighted by Gasteiger charge is 2.30. The van der Waals surface area contributed by atoms with Crippen molar-refractivity contribution < 1.29 is 9.53 Å². The monoisotopic (exact) mass is 411 g/mol. The second-order valence-electron chi connectivity index (χ2n) is 8.42. The van der Waals surface area contributed by atoms with Gasteiger partial charge in [-0.2, -0.15) is 5.10 Å². The van der Waals surface area contributed by atoms with Crippen LogP contribution in [0.5, 0.6) is 0 Å². The summed E-state index contributed by atoms with van der Waals surface area (Å²) in [5, 5.41) is 4.32. The van der Waals surface area contributed by atoms with Crippen LogP contribution in [-0.4, -0.2) is 69.5 Å². The van der Waals surface area contributed by atoms with E-state index in [4.69, 9.17) is 4.74 Å². The van der Waals surface area contributed by atoms with Crippen molar-refractivity contribution in [3.63, 3.8) is 0 Å². The maximum Gasteiger partial charge on any atom is 0.409 e. The van der Waals surface area contributed by atoms with E-state index in [1.54, 1.807) is 0 Å². The van der Waals surface area contributed by atoms with Crippen LogP contribution in [0.1, 0.15) is 50.5 Å². The minimum Gasteiger partial charge on any atom is -0.450 e. The summed E-state index contributed by atoms with van der Waals surface area (Å²) >= 11 is 0. The molecule has 7 heteroatoms. The van der Waals surface area contributed by atoms with Gasteiger partial charge in [0.05, 0.1) is 18.5 Å². The van der Waals surface area contributed by atoms with Crippen LogP contribution in [-0.2, 0) is 11.8 Å².